The average molecular weight is 681 g/mol. The molecule has 3 aliphatic heterocycles. The number of ketones is 1. The molecule has 0 unspecified atom stereocenters. The molecule has 47 heavy (non-hydrogen) atoms. The lowest BCUT2D eigenvalue weighted by Gasteiger charge is -2.38. The Bertz CT molecular complexity index is 1780. The fraction of sp³-hybridized carbons (Fsp3) is 0.364. The third-order valence-electron chi connectivity index (χ3n) is 8.59. The second-order valence-corrected chi connectivity index (χ2v) is 13.3. The number of amides is 2. The molecular weight excluding hydrogens is 647 g/mol. The molecule has 2 fully saturated rings. The maximum Gasteiger partial charge on any atom is 0.338 e. The maximum atomic E-state index is 14.0. The zero-order valence-electron chi connectivity index (χ0n) is 26.3. The van der Waals surface area contributed by atoms with E-state index in [0.29, 0.717) is 66.3 Å². The molecule has 2 aromatic carbocycles. The number of anilines is 1. The van der Waals surface area contributed by atoms with Crippen LogP contribution < -0.4 is 15.0 Å². The summed E-state index contributed by atoms with van der Waals surface area (Å²) in [7, 11) is 1.30. The number of piperazine rings is 1. The summed E-state index contributed by atoms with van der Waals surface area (Å²) in [5, 5.41) is 5.91. The third kappa shape index (κ3) is 6.60. The SMILES string of the molecule is COC(=O)C1=C(CN2CCN3C(=O)N(c4cccc(OC(C)(C)C(C)=O)c4)C[C@@H]3C2)NC(c2nccs2)=N[C@H]1c1ccc(F)cc1Cl. The second-order valence-electron chi connectivity index (χ2n) is 12.0. The van der Waals surface area contributed by atoms with Gasteiger partial charge in [-0.25, -0.2) is 19.0 Å². The van der Waals surface area contributed by atoms with Crippen molar-refractivity contribution in [3.63, 3.8) is 0 Å². The van der Waals surface area contributed by atoms with E-state index in [1.807, 2.05) is 16.3 Å². The van der Waals surface area contributed by atoms with Crippen molar-refractivity contribution in [3.8, 4) is 5.75 Å². The van der Waals surface area contributed by atoms with E-state index in [-0.39, 0.29) is 28.5 Å². The highest BCUT2D eigenvalue weighted by atomic mass is 35.5. The molecule has 0 radical (unpaired) electrons. The number of aliphatic imine (C=N–C) groups is 1. The van der Waals surface area contributed by atoms with Crippen LogP contribution in [0.3, 0.4) is 0 Å². The van der Waals surface area contributed by atoms with Crippen LogP contribution in [-0.2, 0) is 14.3 Å². The number of carbonyl (C=O) groups is 3. The lowest BCUT2D eigenvalue weighted by Crippen LogP contribution is -2.53. The molecule has 1 N–H and O–H groups in total. The Labute approximate surface area is 280 Å². The number of benzene rings is 2. The number of fused-ring (bicyclic) bond motifs is 1. The Morgan fingerprint density at radius 3 is 2.68 bits per heavy atom. The van der Waals surface area contributed by atoms with Crippen molar-refractivity contribution >= 4 is 52.2 Å². The standard InChI is InChI=1S/C33H34ClFN6O5S/c1-19(42)33(2,3)46-23-7-5-6-21(15-23)41-17-22-16-39(11-12-40(22)32(41)44)18-26-27(31(43)45-4)28(24-9-8-20(35)14-25(24)34)38-29(37-26)30-36-10-13-47-30/h5-10,13-15,22,28H,11-12,16-18H2,1-4H3,(H,37,38)/t22-,28-/m0/s1. The first-order chi connectivity index (χ1) is 22.4. The van der Waals surface area contributed by atoms with Gasteiger partial charge in [-0.15, -0.1) is 11.3 Å². The van der Waals surface area contributed by atoms with Crippen LogP contribution in [0.4, 0.5) is 14.9 Å². The van der Waals surface area contributed by atoms with Gasteiger partial charge in [0.1, 0.15) is 17.6 Å². The number of ether oxygens (including phenoxy) is 2. The summed E-state index contributed by atoms with van der Waals surface area (Å²) in [6.07, 6.45) is 1.66. The van der Waals surface area contributed by atoms with Gasteiger partial charge >= 0.3 is 12.0 Å². The van der Waals surface area contributed by atoms with Crippen LogP contribution in [0.25, 0.3) is 0 Å². The summed E-state index contributed by atoms with van der Waals surface area (Å²) in [6, 6.07) is 10.1. The highest BCUT2D eigenvalue weighted by Crippen LogP contribution is 2.37. The fourth-order valence-electron chi connectivity index (χ4n) is 5.90. The molecule has 11 nitrogen and oxygen atoms in total. The van der Waals surface area contributed by atoms with Gasteiger partial charge in [-0.2, -0.15) is 0 Å². The third-order valence-corrected chi connectivity index (χ3v) is 9.70. The van der Waals surface area contributed by atoms with Crippen molar-refractivity contribution in [1.29, 1.82) is 0 Å². The molecule has 6 rings (SSSR count). The normalized spacial score (nSPS) is 20.1. The zero-order chi connectivity index (χ0) is 33.5. The minimum absolute atomic E-state index is 0.104. The maximum absolute atomic E-state index is 14.0. The van der Waals surface area contributed by atoms with Crippen molar-refractivity contribution < 1.29 is 28.2 Å². The van der Waals surface area contributed by atoms with E-state index in [0.717, 1.165) is 0 Å². The van der Waals surface area contributed by atoms with Crippen LogP contribution in [0.15, 0.2) is 70.3 Å². The van der Waals surface area contributed by atoms with Crippen molar-refractivity contribution in [2.45, 2.75) is 38.5 Å². The molecule has 246 valence electrons. The summed E-state index contributed by atoms with van der Waals surface area (Å²) in [6.45, 7) is 7.25. The van der Waals surface area contributed by atoms with E-state index >= 15 is 0 Å². The quantitative estimate of drug-likeness (QED) is 0.320. The van der Waals surface area contributed by atoms with Crippen LogP contribution in [0.2, 0.25) is 5.02 Å². The Morgan fingerprint density at radius 2 is 1.98 bits per heavy atom. The van der Waals surface area contributed by atoms with Gasteiger partial charge in [0, 0.05) is 72.3 Å². The molecule has 3 aliphatic rings. The highest BCUT2D eigenvalue weighted by molar-refractivity contribution is 7.11. The number of halogens is 2. The van der Waals surface area contributed by atoms with E-state index in [4.69, 9.17) is 26.1 Å². The predicted octanol–water partition coefficient (Wildman–Crippen LogP) is 4.83. The number of carbonyl (C=O) groups excluding carboxylic acids is 3. The molecular formula is C33H34ClFN6O5S. The van der Waals surface area contributed by atoms with Gasteiger partial charge in [-0.05, 0) is 45.0 Å². The van der Waals surface area contributed by atoms with Crippen LogP contribution in [0, 0.1) is 5.82 Å². The van der Waals surface area contributed by atoms with Gasteiger partial charge in [0.25, 0.3) is 0 Å². The molecule has 0 aliphatic carbocycles. The zero-order valence-corrected chi connectivity index (χ0v) is 27.9. The van der Waals surface area contributed by atoms with Gasteiger partial charge in [-0.1, -0.05) is 23.7 Å². The summed E-state index contributed by atoms with van der Waals surface area (Å²) in [5.41, 5.74) is 0.969. The first-order valence-corrected chi connectivity index (χ1v) is 16.3. The molecule has 2 amide bonds. The smallest absolute Gasteiger partial charge is 0.338 e. The number of esters is 1. The summed E-state index contributed by atoms with van der Waals surface area (Å²) in [4.78, 5) is 53.8. The lowest BCUT2D eigenvalue weighted by molar-refractivity contribution is -0.136. The van der Waals surface area contributed by atoms with E-state index in [2.05, 4.69) is 15.2 Å². The number of nitrogens with one attached hydrogen (secondary N) is 1. The Balaban J connectivity index is 1.26. The number of thiazole rings is 1. The molecule has 4 heterocycles. The molecule has 1 aromatic heterocycles. The highest BCUT2D eigenvalue weighted by Gasteiger charge is 2.42. The topological polar surface area (TPSA) is 117 Å². The minimum Gasteiger partial charge on any atom is -0.480 e. The molecule has 0 saturated carbocycles. The van der Waals surface area contributed by atoms with Crippen molar-refractivity contribution in [1.82, 2.24) is 20.1 Å². The average Bonchev–Trinajstić information content (AvgIpc) is 3.69. The van der Waals surface area contributed by atoms with Gasteiger partial charge in [0.05, 0.1) is 18.7 Å². The number of hydrogen-bond acceptors (Lipinski definition) is 10. The first-order valence-electron chi connectivity index (χ1n) is 15.1. The molecule has 0 spiro atoms. The largest absolute Gasteiger partial charge is 0.480 e. The molecule has 0 bridgehead atoms. The number of methoxy groups -OCH3 is 1. The van der Waals surface area contributed by atoms with E-state index in [1.165, 1.54) is 43.6 Å². The Hall–Kier alpha value is -4.33. The monoisotopic (exact) mass is 680 g/mol. The molecule has 2 saturated heterocycles. The number of nitrogens with zero attached hydrogens (tertiary/aromatic N) is 5. The Morgan fingerprint density at radius 1 is 1.17 bits per heavy atom. The summed E-state index contributed by atoms with van der Waals surface area (Å²) in [5.74, 6) is -0.230. The van der Waals surface area contributed by atoms with Gasteiger partial charge in [0.15, 0.2) is 22.2 Å². The number of urea groups is 1. The first kappa shape index (κ1) is 32.6. The Kier molecular flexibility index (Phi) is 9.05. The van der Waals surface area contributed by atoms with Crippen molar-refractivity contribution in [2.24, 2.45) is 4.99 Å². The molecule has 2 atom stereocenters. The lowest BCUT2D eigenvalue weighted by atomic mass is 9.95. The minimum atomic E-state index is -0.998. The number of Topliss-reactive ketones (excluding diaryl/α,β-unsaturated/α-hetero) is 1. The van der Waals surface area contributed by atoms with Crippen LogP contribution in [0.1, 0.15) is 37.4 Å². The van der Waals surface area contributed by atoms with Crippen molar-refractivity contribution in [3.05, 3.63) is 86.7 Å². The fourth-order valence-corrected chi connectivity index (χ4v) is 6.76. The van der Waals surface area contributed by atoms with Crippen molar-refractivity contribution in [2.75, 3.05) is 44.7 Å². The molecule has 3 aromatic rings. The van der Waals surface area contributed by atoms with E-state index in [1.54, 1.807) is 43.1 Å². The van der Waals surface area contributed by atoms with E-state index in [9.17, 15) is 18.8 Å². The van der Waals surface area contributed by atoms with E-state index < -0.39 is 23.4 Å². The summed E-state index contributed by atoms with van der Waals surface area (Å²) >= 11 is 7.88. The summed E-state index contributed by atoms with van der Waals surface area (Å²) < 4.78 is 25.2. The number of aromatic nitrogens is 1. The van der Waals surface area contributed by atoms with Gasteiger partial charge in [0.2, 0.25) is 0 Å². The second kappa shape index (κ2) is 13.1. The predicted molar refractivity (Wildman–Crippen MR) is 176 cm³/mol. The van der Waals surface area contributed by atoms with Crippen LogP contribution >= 0.6 is 22.9 Å². The van der Waals surface area contributed by atoms with Gasteiger partial charge in [-0.3, -0.25) is 19.6 Å². The number of amidine groups is 1. The van der Waals surface area contributed by atoms with Crippen LogP contribution in [0.5, 0.6) is 5.75 Å². The number of rotatable bonds is 9. The van der Waals surface area contributed by atoms with Crippen LogP contribution in [-0.4, -0.2) is 89.9 Å². The number of hydrogen-bond donors (Lipinski definition) is 1. The van der Waals surface area contributed by atoms with Gasteiger partial charge < -0.3 is 19.7 Å². The molecule has 14 heteroatoms.